The number of hydrogen-bond donors (Lipinski definition) is 3. The highest BCUT2D eigenvalue weighted by atomic mass is 79.9. The maximum absolute atomic E-state index is 11.9. The first-order valence-electron chi connectivity index (χ1n) is 7.13. The van der Waals surface area contributed by atoms with Crippen molar-refractivity contribution in [2.24, 2.45) is 5.73 Å². The lowest BCUT2D eigenvalue weighted by atomic mass is 9.92. The van der Waals surface area contributed by atoms with E-state index in [9.17, 15) is 9.59 Å². The molecule has 22 heavy (non-hydrogen) atoms. The largest absolute Gasteiger partial charge is 0.352 e. The average molecular weight is 391 g/mol. The second kappa shape index (κ2) is 9.12. The van der Waals surface area contributed by atoms with Gasteiger partial charge in [-0.25, -0.2) is 0 Å². The van der Waals surface area contributed by atoms with E-state index in [1.807, 2.05) is 6.07 Å². The second-order valence-electron chi connectivity index (χ2n) is 5.37. The van der Waals surface area contributed by atoms with E-state index in [0.29, 0.717) is 5.56 Å². The van der Waals surface area contributed by atoms with Crippen LogP contribution in [0.25, 0.3) is 0 Å². The van der Waals surface area contributed by atoms with Gasteiger partial charge in [0.15, 0.2) is 0 Å². The average Bonchev–Trinajstić information content (AvgIpc) is 2.47. The lowest BCUT2D eigenvalue weighted by Gasteiger charge is -2.26. The van der Waals surface area contributed by atoms with Crippen LogP contribution in [-0.2, 0) is 4.79 Å². The molecule has 7 heteroatoms. The van der Waals surface area contributed by atoms with E-state index in [4.69, 9.17) is 5.73 Å². The Hall–Kier alpha value is -1.11. The van der Waals surface area contributed by atoms with Gasteiger partial charge in [-0.15, -0.1) is 12.4 Å². The van der Waals surface area contributed by atoms with Crippen molar-refractivity contribution in [1.82, 2.24) is 10.6 Å². The minimum absolute atomic E-state index is 0. The normalized spacial score (nSPS) is 20.6. The molecule has 0 heterocycles. The quantitative estimate of drug-likeness (QED) is 0.735. The zero-order valence-corrected chi connectivity index (χ0v) is 14.6. The molecule has 0 saturated heterocycles. The van der Waals surface area contributed by atoms with Crippen LogP contribution in [0.15, 0.2) is 28.7 Å². The maximum atomic E-state index is 11.9. The van der Waals surface area contributed by atoms with Crippen LogP contribution in [0.3, 0.4) is 0 Å². The van der Waals surface area contributed by atoms with E-state index >= 15 is 0 Å². The van der Waals surface area contributed by atoms with Crippen LogP contribution in [0.1, 0.15) is 36.0 Å². The Bertz CT molecular complexity index is 519. The lowest BCUT2D eigenvalue weighted by Crippen LogP contribution is -2.44. The predicted molar refractivity (Wildman–Crippen MR) is 92.1 cm³/mol. The second-order valence-corrected chi connectivity index (χ2v) is 6.29. The van der Waals surface area contributed by atoms with Crippen molar-refractivity contribution in [1.29, 1.82) is 0 Å². The van der Waals surface area contributed by atoms with Gasteiger partial charge in [0.05, 0.1) is 6.54 Å². The van der Waals surface area contributed by atoms with Gasteiger partial charge in [-0.2, -0.15) is 0 Å². The number of carbonyl (C=O) groups excluding carboxylic acids is 2. The molecule has 4 N–H and O–H groups in total. The van der Waals surface area contributed by atoms with E-state index in [2.05, 4.69) is 26.6 Å². The van der Waals surface area contributed by atoms with Crippen LogP contribution in [0.5, 0.6) is 0 Å². The molecular weight excluding hydrogens is 370 g/mol. The Morgan fingerprint density at radius 3 is 2.55 bits per heavy atom. The van der Waals surface area contributed by atoms with Crippen LogP contribution in [0.2, 0.25) is 0 Å². The Morgan fingerprint density at radius 2 is 1.91 bits per heavy atom. The first-order valence-corrected chi connectivity index (χ1v) is 7.92. The minimum Gasteiger partial charge on any atom is -0.352 e. The van der Waals surface area contributed by atoms with Gasteiger partial charge in [0.25, 0.3) is 5.91 Å². The molecule has 0 aromatic heterocycles. The molecule has 1 aliphatic carbocycles. The lowest BCUT2D eigenvalue weighted by molar-refractivity contribution is -0.121. The van der Waals surface area contributed by atoms with Gasteiger partial charge < -0.3 is 16.4 Å². The number of hydrogen-bond acceptors (Lipinski definition) is 3. The zero-order chi connectivity index (χ0) is 15.2. The van der Waals surface area contributed by atoms with Gasteiger partial charge in [0.2, 0.25) is 5.91 Å². The SMILES string of the molecule is Cl.NC1CCC(NC(=O)CNC(=O)c2cccc(Br)c2)CC1. The highest BCUT2D eigenvalue weighted by molar-refractivity contribution is 9.10. The molecule has 0 spiro atoms. The number of halogens is 2. The van der Waals surface area contributed by atoms with Gasteiger partial charge >= 0.3 is 0 Å². The first kappa shape index (κ1) is 18.9. The molecule has 1 aromatic rings. The fourth-order valence-electron chi connectivity index (χ4n) is 2.43. The molecule has 0 radical (unpaired) electrons. The highest BCUT2D eigenvalue weighted by Crippen LogP contribution is 2.16. The summed E-state index contributed by atoms with van der Waals surface area (Å²) in [6.45, 7) is -0.00605. The molecule has 1 saturated carbocycles. The summed E-state index contributed by atoms with van der Waals surface area (Å²) in [5, 5.41) is 5.57. The number of carbonyl (C=O) groups is 2. The van der Waals surface area contributed by atoms with Gasteiger partial charge in [0, 0.05) is 22.1 Å². The van der Waals surface area contributed by atoms with Crippen molar-refractivity contribution < 1.29 is 9.59 Å². The minimum atomic E-state index is -0.253. The number of benzene rings is 1. The summed E-state index contributed by atoms with van der Waals surface area (Å²) in [4.78, 5) is 23.7. The third-order valence-electron chi connectivity index (χ3n) is 3.63. The third kappa shape index (κ3) is 5.94. The summed E-state index contributed by atoms with van der Waals surface area (Å²) in [5.74, 6) is -0.407. The van der Waals surface area contributed by atoms with Crippen molar-refractivity contribution in [3.8, 4) is 0 Å². The van der Waals surface area contributed by atoms with Gasteiger partial charge in [-0.3, -0.25) is 9.59 Å². The van der Waals surface area contributed by atoms with E-state index in [-0.39, 0.29) is 42.8 Å². The van der Waals surface area contributed by atoms with Crippen LogP contribution in [-0.4, -0.2) is 30.4 Å². The molecule has 0 unspecified atom stereocenters. The van der Waals surface area contributed by atoms with Crippen LogP contribution < -0.4 is 16.4 Å². The number of nitrogens with one attached hydrogen (secondary N) is 2. The number of amides is 2. The molecular formula is C15H21BrClN3O2. The summed E-state index contributed by atoms with van der Waals surface area (Å²) in [7, 11) is 0. The zero-order valence-electron chi connectivity index (χ0n) is 12.2. The number of nitrogens with two attached hydrogens (primary N) is 1. The molecule has 1 aromatic carbocycles. The van der Waals surface area contributed by atoms with Crippen molar-refractivity contribution in [2.45, 2.75) is 37.8 Å². The topological polar surface area (TPSA) is 84.2 Å². The summed E-state index contributed by atoms with van der Waals surface area (Å²) < 4.78 is 0.832. The molecule has 2 amide bonds. The molecule has 122 valence electrons. The molecule has 1 aliphatic rings. The predicted octanol–water partition coefficient (Wildman–Crippen LogP) is 1.99. The monoisotopic (exact) mass is 389 g/mol. The molecule has 0 atom stereocenters. The third-order valence-corrected chi connectivity index (χ3v) is 4.13. The Labute approximate surface area is 144 Å². The Balaban J connectivity index is 0.00000242. The summed E-state index contributed by atoms with van der Waals surface area (Å²) in [6.07, 6.45) is 3.70. The van der Waals surface area contributed by atoms with E-state index in [1.165, 1.54) is 0 Å². The molecule has 0 bridgehead atoms. The van der Waals surface area contributed by atoms with Crippen LogP contribution in [0, 0.1) is 0 Å². The Morgan fingerprint density at radius 1 is 1.23 bits per heavy atom. The smallest absolute Gasteiger partial charge is 0.251 e. The fourth-order valence-corrected chi connectivity index (χ4v) is 2.83. The van der Waals surface area contributed by atoms with Gasteiger partial charge in [-0.1, -0.05) is 22.0 Å². The van der Waals surface area contributed by atoms with Crippen LogP contribution in [0.4, 0.5) is 0 Å². The number of rotatable bonds is 4. The Kier molecular flexibility index (Phi) is 7.85. The van der Waals surface area contributed by atoms with E-state index in [1.54, 1.807) is 18.2 Å². The van der Waals surface area contributed by atoms with Crippen molar-refractivity contribution in [3.63, 3.8) is 0 Å². The first-order chi connectivity index (χ1) is 10.0. The van der Waals surface area contributed by atoms with E-state index < -0.39 is 0 Å². The summed E-state index contributed by atoms with van der Waals surface area (Å²) >= 11 is 3.31. The molecule has 5 nitrogen and oxygen atoms in total. The van der Waals surface area contributed by atoms with Gasteiger partial charge in [-0.05, 0) is 43.9 Å². The fraction of sp³-hybridized carbons (Fsp3) is 0.467. The van der Waals surface area contributed by atoms with E-state index in [0.717, 1.165) is 30.2 Å². The van der Waals surface area contributed by atoms with Crippen molar-refractivity contribution in [2.75, 3.05) is 6.54 Å². The van der Waals surface area contributed by atoms with Crippen LogP contribution >= 0.6 is 28.3 Å². The van der Waals surface area contributed by atoms with Crippen molar-refractivity contribution in [3.05, 3.63) is 34.3 Å². The standard InChI is InChI=1S/C15H20BrN3O2.ClH/c16-11-3-1-2-10(8-11)15(21)18-9-14(20)19-13-6-4-12(17)5-7-13;/h1-3,8,12-13H,4-7,9,17H2,(H,18,21)(H,19,20);1H. The molecule has 0 aliphatic heterocycles. The molecule has 2 rings (SSSR count). The van der Waals surface area contributed by atoms with Gasteiger partial charge in [0.1, 0.15) is 0 Å². The summed E-state index contributed by atoms with van der Waals surface area (Å²) in [6, 6.07) is 7.49. The maximum Gasteiger partial charge on any atom is 0.251 e. The van der Waals surface area contributed by atoms with Crippen molar-refractivity contribution >= 4 is 40.2 Å². The highest BCUT2D eigenvalue weighted by Gasteiger charge is 2.20. The summed E-state index contributed by atoms with van der Waals surface area (Å²) in [5.41, 5.74) is 6.36. The molecule has 1 fully saturated rings.